The van der Waals surface area contributed by atoms with Crippen LogP contribution in [0.4, 0.5) is 0 Å². The first-order chi connectivity index (χ1) is 7.66. The molecular formula is C12H15ClN2O. The number of benzene rings is 1. The van der Waals surface area contributed by atoms with Crippen molar-refractivity contribution in [1.29, 1.82) is 0 Å². The molecule has 0 unspecified atom stereocenters. The van der Waals surface area contributed by atoms with Gasteiger partial charge in [-0.1, -0.05) is 23.7 Å². The van der Waals surface area contributed by atoms with Crippen LogP contribution in [0, 0.1) is 0 Å². The fraction of sp³-hybridized carbons (Fsp3) is 0.417. The van der Waals surface area contributed by atoms with E-state index in [1.54, 1.807) is 12.1 Å². The second kappa shape index (κ2) is 4.95. The average Bonchev–Trinajstić information content (AvgIpc) is 2.64. The molecule has 1 heterocycles. The third kappa shape index (κ3) is 2.61. The van der Waals surface area contributed by atoms with Crippen LogP contribution in [-0.4, -0.2) is 36.4 Å². The van der Waals surface area contributed by atoms with E-state index in [0.717, 1.165) is 19.5 Å². The monoisotopic (exact) mass is 238 g/mol. The topological polar surface area (TPSA) is 46.3 Å². The van der Waals surface area contributed by atoms with Crippen LogP contribution in [0.1, 0.15) is 16.8 Å². The number of halogens is 1. The van der Waals surface area contributed by atoms with E-state index in [4.69, 9.17) is 17.3 Å². The van der Waals surface area contributed by atoms with Crippen LogP contribution in [0.2, 0.25) is 5.02 Å². The lowest BCUT2D eigenvalue weighted by atomic mass is 10.1. The van der Waals surface area contributed by atoms with E-state index >= 15 is 0 Å². The van der Waals surface area contributed by atoms with Gasteiger partial charge in [-0.2, -0.15) is 0 Å². The summed E-state index contributed by atoms with van der Waals surface area (Å²) in [6, 6.07) is 7.37. The largest absolute Gasteiger partial charge is 0.326 e. The molecule has 0 saturated carbocycles. The van der Waals surface area contributed by atoms with Crippen LogP contribution in [0.3, 0.4) is 0 Å². The lowest BCUT2D eigenvalue weighted by Gasteiger charge is -2.14. The molecule has 0 spiro atoms. The maximum Gasteiger partial charge on any atom is 0.178 e. The third-order valence-corrected chi connectivity index (χ3v) is 3.18. The first-order valence-electron chi connectivity index (χ1n) is 5.42. The summed E-state index contributed by atoms with van der Waals surface area (Å²) in [4.78, 5) is 14.0. The summed E-state index contributed by atoms with van der Waals surface area (Å²) in [7, 11) is 0. The minimum absolute atomic E-state index is 0.0692. The highest BCUT2D eigenvalue weighted by Gasteiger charge is 2.22. The van der Waals surface area contributed by atoms with Gasteiger partial charge in [0.1, 0.15) is 0 Å². The molecule has 0 bridgehead atoms. The molecule has 0 amide bonds. The fourth-order valence-electron chi connectivity index (χ4n) is 1.98. The SMILES string of the molecule is N[C@H]1CCN(CC(=O)c2ccccc2Cl)C1. The van der Waals surface area contributed by atoms with E-state index in [1.807, 2.05) is 12.1 Å². The number of hydrogen-bond acceptors (Lipinski definition) is 3. The Morgan fingerprint density at radius 3 is 2.88 bits per heavy atom. The van der Waals surface area contributed by atoms with Crippen molar-refractivity contribution in [2.24, 2.45) is 5.73 Å². The molecule has 1 atom stereocenters. The van der Waals surface area contributed by atoms with Gasteiger partial charge in [0, 0.05) is 24.7 Å². The summed E-state index contributed by atoms with van der Waals surface area (Å²) in [5.41, 5.74) is 6.39. The van der Waals surface area contributed by atoms with Crippen LogP contribution in [-0.2, 0) is 0 Å². The van der Waals surface area contributed by atoms with Gasteiger partial charge in [-0.05, 0) is 18.6 Å². The summed E-state index contributed by atoms with van der Waals surface area (Å²) in [5.74, 6) is 0.0692. The van der Waals surface area contributed by atoms with E-state index in [2.05, 4.69) is 4.90 Å². The van der Waals surface area contributed by atoms with Crippen LogP contribution in [0.25, 0.3) is 0 Å². The zero-order valence-electron chi connectivity index (χ0n) is 9.03. The van der Waals surface area contributed by atoms with Crippen molar-refractivity contribution in [2.45, 2.75) is 12.5 Å². The smallest absolute Gasteiger partial charge is 0.178 e. The van der Waals surface area contributed by atoms with Gasteiger partial charge in [0.2, 0.25) is 0 Å². The van der Waals surface area contributed by atoms with Crippen molar-refractivity contribution in [1.82, 2.24) is 4.90 Å². The summed E-state index contributed by atoms with van der Waals surface area (Å²) in [6.07, 6.45) is 0.968. The Labute approximate surface area is 100 Å². The zero-order valence-corrected chi connectivity index (χ0v) is 9.78. The maximum absolute atomic E-state index is 12.0. The van der Waals surface area contributed by atoms with E-state index < -0.39 is 0 Å². The Balaban J connectivity index is 2.01. The number of rotatable bonds is 3. The summed E-state index contributed by atoms with van der Waals surface area (Å²) < 4.78 is 0. The van der Waals surface area contributed by atoms with Gasteiger partial charge in [-0.25, -0.2) is 0 Å². The number of Topliss-reactive ketones (excluding diaryl/α,β-unsaturated/α-hetero) is 1. The molecule has 0 radical (unpaired) electrons. The highest BCUT2D eigenvalue weighted by molar-refractivity contribution is 6.34. The lowest BCUT2D eigenvalue weighted by Crippen LogP contribution is -2.31. The molecule has 1 aliphatic rings. The van der Waals surface area contributed by atoms with E-state index in [0.29, 0.717) is 17.1 Å². The van der Waals surface area contributed by atoms with Crippen molar-refractivity contribution in [3.8, 4) is 0 Å². The minimum atomic E-state index is 0.0692. The zero-order chi connectivity index (χ0) is 11.5. The van der Waals surface area contributed by atoms with Crippen molar-refractivity contribution in [3.63, 3.8) is 0 Å². The quantitative estimate of drug-likeness (QED) is 0.813. The number of nitrogens with zero attached hydrogens (tertiary/aromatic N) is 1. The molecular weight excluding hydrogens is 224 g/mol. The van der Waals surface area contributed by atoms with Gasteiger partial charge in [0.05, 0.1) is 11.6 Å². The molecule has 1 aliphatic heterocycles. The Morgan fingerprint density at radius 2 is 2.25 bits per heavy atom. The number of hydrogen-bond donors (Lipinski definition) is 1. The molecule has 2 rings (SSSR count). The number of ketones is 1. The van der Waals surface area contributed by atoms with E-state index in [-0.39, 0.29) is 11.8 Å². The molecule has 0 aromatic heterocycles. The normalized spacial score (nSPS) is 21.2. The molecule has 4 heteroatoms. The number of nitrogens with two attached hydrogens (primary N) is 1. The van der Waals surface area contributed by atoms with Gasteiger partial charge in [0.15, 0.2) is 5.78 Å². The average molecular weight is 239 g/mol. The Hall–Kier alpha value is -0.900. The Kier molecular flexibility index (Phi) is 3.59. The lowest BCUT2D eigenvalue weighted by molar-refractivity contribution is 0.0945. The van der Waals surface area contributed by atoms with Gasteiger partial charge in [0.25, 0.3) is 0 Å². The molecule has 86 valence electrons. The fourth-order valence-corrected chi connectivity index (χ4v) is 2.22. The standard InChI is InChI=1S/C12H15ClN2O/c13-11-4-2-1-3-10(11)12(16)8-15-6-5-9(14)7-15/h1-4,9H,5-8,14H2/t9-/m0/s1. The Bertz CT molecular complexity index is 394. The first kappa shape index (κ1) is 11.6. The maximum atomic E-state index is 12.0. The summed E-state index contributed by atoms with van der Waals surface area (Å²) in [5, 5.41) is 0.524. The molecule has 1 fully saturated rings. The summed E-state index contributed by atoms with van der Waals surface area (Å²) >= 11 is 5.97. The predicted octanol–water partition coefficient (Wildman–Crippen LogP) is 1.56. The van der Waals surface area contributed by atoms with Crippen LogP contribution in [0.5, 0.6) is 0 Å². The highest BCUT2D eigenvalue weighted by Crippen LogP contribution is 2.17. The number of carbonyl (C=O) groups excluding carboxylic acids is 1. The first-order valence-corrected chi connectivity index (χ1v) is 5.80. The van der Waals surface area contributed by atoms with E-state index in [9.17, 15) is 4.79 Å². The summed E-state index contributed by atoms with van der Waals surface area (Å²) in [6.45, 7) is 2.12. The molecule has 3 nitrogen and oxygen atoms in total. The number of carbonyl (C=O) groups is 1. The highest BCUT2D eigenvalue weighted by atomic mass is 35.5. The molecule has 2 N–H and O–H groups in total. The van der Waals surface area contributed by atoms with Crippen LogP contribution < -0.4 is 5.73 Å². The van der Waals surface area contributed by atoms with Gasteiger partial charge >= 0.3 is 0 Å². The molecule has 16 heavy (non-hydrogen) atoms. The van der Waals surface area contributed by atoms with Gasteiger partial charge in [-0.3, -0.25) is 9.69 Å². The minimum Gasteiger partial charge on any atom is -0.326 e. The van der Waals surface area contributed by atoms with Crippen LogP contribution >= 0.6 is 11.6 Å². The second-order valence-corrected chi connectivity index (χ2v) is 4.59. The molecule has 1 aromatic rings. The molecule has 1 aromatic carbocycles. The number of likely N-dealkylation sites (tertiary alicyclic amines) is 1. The van der Waals surface area contributed by atoms with Crippen molar-refractivity contribution in [3.05, 3.63) is 34.9 Å². The van der Waals surface area contributed by atoms with Crippen molar-refractivity contribution < 1.29 is 4.79 Å². The van der Waals surface area contributed by atoms with E-state index in [1.165, 1.54) is 0 Å². The van der Waals surface area contributed by atoms with Crippen LogP contribution in [0.15, 0.2) is 24.3 Å². The molecule has 1 saturated heterocycles. The predicted molar refractivity (Wildman–Crippen MR) is 64.8 cm³/mol. The second-order valence-electron chi connectivity index (χ2n) is 4.19. The van der Waals surface area contributed by atoms with Gasteiger partial charge in [-0.15, -0.1) is 0 Å². The third-order valence-electron chi connectivity index (χ3n) is 2.85. The van der Waals surface area contributed by atoms with Gasteiger partial charge < -0.3 is 5.73 Å². The van der Waals surface area contributed by atoms with Crippen molar-refractivity contribution >= 4 is 17.4 Å². The molecule has 0 aliphatic carbocycles. The van der Waals surface area contributed by atoms with Crippen molar-refractivity contribution in [2.75, 3.05) is 19.6 Å². The Morgan fingerprint density at radius 1 is 1.50 bits per heavy atom.